The minimum atomic E-state index is -0.525. The molecule has 0 bridgehead atoms. The maximum atomic E-state index is 13.2. The summed E-state index contributed by atoms with van der Waals surface area (Å²) in [5.74, 6) is -0.371. The standard InChI is InChI=1S/C19H21FN2O/c1-2-13-4-3-5-17(12-13)21-18(19(23)22-16-10-11-16)14-6-8-15(20)9-7-14/h3-9,12,16,18,21H,2,10-11H2,1H3,(H,22,23)/t18-/m1/s1. The second-order valence-electron chi connectivity index (χ2n) is 5.97. The van der Waals surface area contributed by atoms with E-state index in [-0.39, 0.29) is 17.8 Å². The molecule has 1 aliphatic carbocycles. The fraction of sp³-hybridized carbons (Fsp3) is 0.316. The average Bonchev–Trinajstić information content (AvgIpc) is 3.37. The fourth-order valence-electron chi connectivity index (χ4n) is 2.52. The Balaban J connectivity index is 1.83. The van der Waals surface area contributed by atoms with Crippen LogP contribution in [0.4, 0.5) is 10.1 Å². The number of carbonyl (C=O) groups excluding carboxylic acids is 1. The van der Waals surface area contributed by atoms with Crippen molar-refractivity contribution < 1.29 is 9.18 Å². The van der Waals surface area contributed by atoms with Crippen molar-refractivity contribution in [3.05, 3.63) is 65.5 Å². The molecule has 1 saturated carbocycles. The smallest absolute Gasteiger partial charge is 0.247 e. The van der Waals surface area contributed by atoms with Crippen molar-refractivity contribution in [2.45, 2.75) is 38.3 Å². The maximum Gasteiger partial charge on any atom is 0.247 e. The van der Waals surface area contributed by atoms with Crippen LogP contribution in [0.2, 0.25) is 0 Å². The van der Waals surface area contributed by atoms with E-state index in [1.165, 1.54) is 17.7 Å². The lowest BCUT2D eigenvalue weighted by Gasteiger charge is -2.20. The molecule has 23 heavy (non-hydrogen) atoms. The van der Waals surface area contributed by atoms with Gasteiger partial charge in [0.25, 0.3) is 0 Å². The van der Waals surface area contributed by atoms with Gasteiger partial charge in [0.1, 0.15) is 11.9 Å². The number of hydrogen-bond donors (Lipinski definition) is 2. The second-order valence-corrected chi connectivity index (χ2v) is 5.97. The molecule has 2 N–H and O–H groups in total. The van der Waals surface area contributed by atoms with E-state index in [4.69, 9.17) is 0 Å². The highest BCUT2D eigenvalue weighted by atomic mass is 19.1. The third-order valence-corrected chi connectivity index (χ3v) is 4.04. The number of aryl methyl sites for hydroxylation is 1. The van der Waals surface area contributed by atoms with E-state index in [1.807, 2.05) is 18.2 Å². The molecule has 0 radical (unpaired) electrons. The molecule has 2 aromatic carbocycles. The van der Waals surface area contributed by atoms with Crippen LogP contribution in [0.3, 0.4) is 0 Å². The zero-order chi connectivity index (χ0) is 16.2. The molecule has 0 unspecified atom stereocenters. The van der Waals surface area contributed by atoms with Crippen molar-refractivity contribution >= 4 is 11.6 Å². The van der Waals surface area contributed by atoms with Gasteiger partial charge in [0.05, 0.1) is 0 Å². The Morgan fingerprint density at radius 3 is 2.61 bits per heavy atom. The summed E-state index contributed by atoms with van der Waals surface area (Å²) in [4.78, 5) is 12.6. The van der Waals surface area contributed by atoms with Gasteiger partial charge in [0, 0.05) is 11.7 Å². The van der Waals surface area contributed by atoms with E-state index in [0.717, 1.165) is 30.5 Å². The van der Waals surface area contributed by atoms with E-state index in [2.05, 4.69) is 23.6 Å². The summed E-state index contributed by atoms with van der Waals surface area (Å²) in [6, 6.07) is 13.9. The Kier molecular flexibility index (Phi) is 4.60. The highest BCUT2D eigenvalue weighted by molar-refractivity contribution is 5.86. The first-order valence-corrected chi connectivity index (χ1v) is 8.07. The Bertz CT molecular complexity index is 680. The topological polar surface area (TPSA) is 41.1 Å². The minimum Gasteiger partial charge on any atom is -0.370 e. The minimum absolute atomic E-state index is 0.0685. The zero-order valence-electron chi connectivity index (χ0n) is 13.2. The number of halogens is 1. The van der Waals surface area contributed by atoms with Gasteiger partial charge in [-0.1, -0.05) is 31.2 Å². The molecule has 3 nitrogen and oxygen atoms in total. The maximum absolute atomic E-state index is 13.2. The number of carbonyl (C=O) groups is 1. The highest BCUT2D eigenvalue weighted by Gasteiger charge is 2.28. The monoisotopic (exact) mass is 312 g/mol. The number of nitrogens with one attached hydrogen (secondary N) is 2. The predicted molar refractivity (Wildman–Crippen MR) is 89.7 cm³/mol. The van der Waals surface area contributed by atoms with Crippen molar-refractivity contribution in [3.63, 3.8) is 0 Å². The number of hydrogen-bond acceptors (Lipinski definition) is 2. The summed E-state index contributed by atoms with van der Waals surface area (Å²) in [7, 11) is 0. The Labute approximate surface area is 135 Å². The number of amides is 1. The summed E-state index contributed by atoms with van der Waals surface area (Å²) >= 11 is 0. The average molecular weight is 312 g/mol. The van der Waals surface area contributed by atoms with Gasteiger partial charge in [0.2, 0.25) is 5.91 Å². The lowest BCUT2D eigenvalue weighted by molar-refractivity contribution is -0.122. The summed E-state index contributed by atoms with van der Waals surface area (Å²) < 4.78 is 13.2. The number of benzene rings is 2. The van der Waals surface area contributed by atoms with Gasteiger partial charge in [0.15, 0.2) is 0 Å². The predicted octanol–water partition coefficient (Wildman–Crippen LogP) is 3.82. The van der Waals surface area contributed by atoms with Crippen molar-refractivity contribution in [1.82, 2.24) is 5.32 Å². The van der Waals surface area contributed by atoms with Crippen molar-refractivity contribution in [3.8, 4) is 0 Å². The molecule has 1 atom stereocenters. The van der Waals surface area contributed by atoms with Crippen molar-refractivity contribution in [1.29, 1.82) is 0 Å². The summed E-state index contributed by atoms with van der Waals surface area (Å²) in [6.45, 7) is 2.09. The van der Waals surface area contributed by atoms with Gasteiger partial charge in [-0.3, -0.25) is 4.79 Å². The molecule has 0 aliphatic heterocycles. The first kappa shape index (κ1) is 15.5. The van der Waals surface area contributed by atoms with E-state index >= 15 is 0 Å². The quantitative estimate of drug-likeness (QED) is 0.851. The van der Waals surface area contributed by atoms with Crippen molar-refractivity contribution in [2.24, 2.45) is 0 Å². The van der Waals surface area contributed by atoms with Crippen molar-refractivity contribution in [2.75, 3.05) is 5.32 Å². The summed E-state index contributed by atoms with van der Waals surface area (Å²) in [5, 5.41) is 6.31. The summed E-state index contributed by atoms with van der Waals surface area (Å²) in [5.41, 5.74) is 2.85. The molecule has 1 fully saturated rings. The Morgan fingerprint density at radius 1 is 1.22 bits per heavy atom. The molecule has 0 heterocycles. The van der Waals surface area contributed by atoms with Crippen LogP contribution in [0, 0.1) is 5.82 Å². The molecule has 1 aliphatic rings. The van der Waals surface area contributed by atoms with E-state index in [1.54, 1.807) is 12.1 Å². The van der Waals surface area contributed by atoms with Gasteiger partial charge in [-0.05, 0) is 54.7 Å². The first-order valence-electron chi connectivity index (χ1n) is 8.07. The Hall–Kier alpha value is -2.36. The highest BCUT2D eigenvalue weighted by Crippen LogP contribution is 2.24. The lowest BCUT2D eigenvalue weighted by Crippen LogP contribution is -2.34. The van der Waals surface area contributed by atoms with Gasteiger partial charge in [-0.25, -0.2) is 4.39 Å². The lowest BCUT2D eigenvalue weighted by atomic mass is 10.0. The number of rotatable bonds is 6. The third kappa shape index (κ3) is 4.09. The van der Waals surface area contributed by atoms with Crippen LogP contribution in [0.5, 0.6) is 0 Å². The molecule has 4 heteroatoms. The van der Waals surface area contributed by atoms with Gasteiger partial charge in [-0.15, -0.1) is 0 Å². The second kappa shape index (κ2) is 6.82. The molecule has 2 aromatic rings. The molecular weight excluding hydrogens is 291 g/mol. The fourth-order valence-corrected chi connectivity index (χ4v) is 2.52. The SMILES string of the molecule is CCc1cccc(N[C@@H](C(=O)NC2CC2)c2ccc(F)cc2)c1. The van der Waals surface area contributed by atoms with Gasteiger partial charge < -0.3 is 10.6 Å². The van der Waals surface area contributed by atoms with Crippen LogP contribution in [-0.2, 0) is 11.2 Å². The van der Waals surface area contributed by atoms with Gasteiger partial charge in [-0.2, -0.15) is 0 Å². The molecular formula is C19H21FN2O. The third-order valence-electron chi connectivity index (χ3n) is 4.04. The molecule has 0 saturated heterocycles. The van der Waals surface area contributed by atoms with Gasteiger partial charge >= 0.3 is 0 Å². The number of anilines is 1. The normalized spacial score (nSPS) is 15.0. The summed E-state index contributed by atoms with van der Waals surface area (Å²) in [6.07, 6.45) is 3.01. The first-order chi connectivity index (χ1) is 11.2. The van der Waals surface area contributed by atoms with E-state index in [0.29, 0.717) is 0 Å². The molecule has 0 aromatic heterocycles. The van der Waals surface area contributed by atoms with Crippen LogP contribution in [-0.4, -0.2) is 11.9 Å². The van der Waals surface area contributed by atoms with Crippen LogP contribution in [0.15, 0.2) is 48.5 Å². The van der Waals surface area contributed by atoms with Crippen LogP contribution in [0.1, 0.15) is 36.9 Å². The molecule has 3 rings (SSSR count). The van der Waals surface area contributed by atoms with Crippen LogP contribution in [0.25, 0.3) is 0 Å². The zero-order valence-corrected chi connectivity index (χ0v) is 13.2. The van der Waals surface area contributed by atoms with Crippen LogP contribution >= 0.6 is 0 Å². The molecule has 0 spiro atoms. The largest absolute Gasteiger partial charge is 0.370 e. The molecule has 1 amide bonds. The van der Waals surface area contributed by atoms with E-state index in [9.17, 15) is 9.18 Å². The van der Waals surface area contributed by atoms with Crippen LogP contribution < -0.4 is 10.6 Å². The molecule has 120 valence electrons. The van der Waals surface area contributed by atoms with E-state index < -0.39 is 6.04 Å². The Morgan fingerprint density at radius 2 is 1.96 bits per heavy atom.